The Hall–Kier alpha value is -1.74. The molecular formula is C14H24N6O3. The molecule has 2 atom stereocenters. The molecule has 3 heterocycles. The third-order valence-electron chi connectivity index (χ3n) is 5.16. The Kier molecular flexibility index (Phi) is 4.49. The van der Waals surface area contributed by atoms with E-state index < -0.39 is 6.04 Å². The number of urea groups is 1. The van der Waals surface area contributed by atoms with Gasteiger partial charge >= 0.3 is 6.03 Å². The molecule has 9 nitrogen and oxygen atoms in total. The van der Waals surface area contributed by atoms with Crippen LogP contribution in [-0.2, 0) is 9.63 Å². The zero-order valence-electron chi connectivity index (χ0n) is 13.4. The monoisotopic (exact) mass is 324 g/mol. The van der Waals surface area contributed by atoms with Crippen LogP contribution >= 0.6 is 0 Å². The zero-order valence-corrected chi connectivity index (χ0v) is 13.4. The number of rotatable bonds is 5. The summed E-state index contributed by atoms with van der Waals surface area (Å²) in [5.74, 6) is -0.291. The first-order valence-electron chi connectivity index (χ1n) is 8.14. The summed E-state index contributed by atoms with van der Waals surface area (Å²) in [6.45, 7) is 5.00. The highest BCUT2D eigenvalue weighted by Crippen LogP contribution is 2.30. The second kappa shape index (κ2) is 6.40. The zero-order chi connectivity index (χ0) is 16.4. The van der Waals surface area contributed by atoms with Crippen LogP contribution < -0.4 is 10.8 Å². The Balaban J connectivity index is 1.51. The molecule has 0 aliphatic carbocycles. The summed E-state index contributed by atoms with van der Waals surface area (Å²) >= 11 is 0. The Bertz CT molecular complexity index is 493. The van der Waals surface area contributed by atoms with E-state index in [-0.39, 0.29) is 23.4 Å². The Morgan fingerprint density at radius 1 is 1.48 bits per heavy atom. The number of hydroxylamine groups is 1. The van der Waals surface area contributed by atoms with Crippen molar-refractivity contribution in [1.29, 1.82) is 5.53 Å². The second-order valence-corrected chi connectivity index (χ2v) is 6.94. The maximum Gasteiger partial charge on any atom is 0.342 e. The topological polar surface area (TPSA) is 110 Å². The van der Waals surface area contributed by atoms with Gasteiger partial charge in [-0.3, -0.25) is 9.63 Å². The fraction of sp³-hybridized carbons (Fsp3) is 0.857. The average Bonchev–Trinajstić information content (AvgIpc) is 2.78. The van der Waals surface area contributed by atoms with Gasteiger partial charge in [0, 0.05) is 6.54 Å². The van der Waals surface area contributed by atoms with E-state index in [0.29, 0.717) is 26.0 Å². The lowest BCUT2D eigenvalue weighted by atomic mass is 9.82. The lowest BCUT2D eigenvalue weighted by molar-refractivity contribution is -0.142. The van der Waals surface area contributed by atoms with E-state index in [0.717, 1.165) is 30.9 Å². The fourth-order valence-electron chi connectivity index (χ4n) is 3.57. The van der Waals surface area contributed by atoms with E-state index >= 15 is 0 Å². The maximum atomic E-state index is 12.3. The summed E-state index contributed by atoms with van der Waals surface area (Å²) < 4.78 is 0. The van der Waals surface area contributed by atoms with Gasteiger partial charge in [-0.05, 0) is 44.2 Å². The summed E-state index contributed by atoms with van der Waals surface area (Å²) in [6, 6.07) is -0.988. The van der Waals surface area contributed by atoms with Crippen molar-refractivity contribution in [2.75, 3.05) is 26.2 Å². The summed E-state index contributed by atoms with van der Waals surface area (Å²) in [5, 5.41) is 7.73. The molecule has 3 amide bonds. The SMILES string of the molecule is CC1(CONC(=O)C2CCC3CN2C(=O)N3N=N)CCNCC1. The number of carbonyl (C=O) groups excluding carboxylic acids is 2. The van der Waals surface area contributed by atoms with Gasteiger partial charge in [0.1, 0.15) is 6.04 Å². The summed E-state index contributed by atoms with van der Waals surface area (Å²) in [7, 11) is 0. The molecule has 0 aromatic carbocycles. The molecule has 128 valence electrons. The van der Waals surface area contributed by atoms with Gasteiger partial charge in [0.05, 0.1) is 12.6 Å². The van der Waals surface area contributed by atoms with Gasteiger partial charge < -0.3 is 10.2 Å². The summed E-state index contributed by atoms with van der Waals surface area (Å²) in [6.07, 6.45) is 3.27. The molecule has 0 spiro atoms. The molecule has 0 saturated carbocycles. The number of carbonyl (C=O) groups is 2. The number of hydrogen-bond donors (Lipinski definition) is 3. The molecule has 3 saturated heterocycles. The van der Waals surface area contributed by atoms with Crippen LogP contribution in [0.15, 0.2) is 5.22 Å². The minimum atomic E-state index is -0.536. The average molecular weight is 324 g/mol. The van der Waals surface area contributed by atoms with Crippen molar-refractivity contribution >= 4 is 11.9 Å². The van der Waals surface area contributed by atoms with Gasteiger partial charge in [-0.15, -0.1) is 0 Å². The van der Waals surface area contributed by atoms with E-state index in [1.807, 2.05) is 0 Å². The highest BCUT2D eigenvalue weighted by molar-refractivity contribution is 5.88. The lowest BCUT2D eigenvalue weighted by Gasteiger charge is -2.34. The quantitative estimate of drug-likeness (QED) is 0.509. The first kappa shape index (κ1) is 16.1. The largest absolute Gasteiger partial charge is 0.342 e. The van der Waals surface area contributed by atoms with Crippen molar-refractivity contribution in [1.82, 2.24) is 20.7 Å². The number of piperidine rings is 2. The predicted molar refractivity (Wildman–Crippen MR) is 80.2 cm³/mol. The number of fused-ring (bicyclic) bond motifs is 2. The van der Waals surface area contributed by atoms with E-state index in [2.05, 4.69) is 22.9 Å². The van der Waals surface area contributed by atoms with E-state index in [1.165, 1.54) is 4.90 Å². The Morgan fingerprint density at radius 3 is 2.91 bits per heavy atom. The van der Waals surface area contributed by atoms with Gasteiger partial charge in [-0.2, -0.15) is 10.5 Å². The van der Waals surface area contributed by atoms with Crippen LogP contribution in [-0.4, -0.2) is 60.2 Å². The third-order valence-corrected chi connectivity index (χ3v) is 5.16. The van der Waals surface area contributed by atoms with E-state index in [1.54, 1.807) is 0 Å². The van der Waals surface area contributed by atoms with Crippen molar-refractivity contribution < 1.29 is 14.4 Å². The number of nitrogens with zero attached hydrogens (tertiary/aromatic N) is 3. The van der Waals surface area contributed by atoms with Crippen molar-refractivity contribution in [3.8, 4) is 0 Å². The molecule has 0 aromatic heterocycles. The second-order valence-electron chi connectivity index (χ2n) is 6.94. The van der Waals surface area contributed by atoms with Crippen LogP contribution in [0.2, 0.25) is 0 Å². The molecule has 2 unspecified atom stereocenters. The van der Waals surface area contributed by atoms with Gasteiger partial charge in [0.2, 0.25) is 0 Å². The maximum absolute atomic E-state index is 12.3. The molecule has 3 rings (SSSR count). The van der Waals surface area contributed by atoms with Crippen LogP contribution in [0.1, 0.15) is 32.6 Å². The molecular weight excluding hydrogens is 300 g/mol. The number of amides is 3. The van der Waals surface area contributed by atoms with Crippen molar-refractivity contribution in [2.45, 2.75) is 44.7 Å². The minimum Gasteiger partial charge on any atom is -0.317 e. The Morgan fingerprint density at radius 2 is 2.22 bits per heavy atom. The van der Waals surface area contributed by atoms with Crippen LogP contribution in [0.4, 0.5) is 4.79 Å². The number of nitrogens with one attached hydrogen (secondary N) is 3. The van der Waals surface area contributed by atoms with Gasteiger partial charge in [-0.25, -0.2) is 10.3 Å². The van der Waals surface area contributed by atoms with Crippen molar-refractivity contribution in [3.63, 3.8) is 0 Å². The van der Waals surface area contributed by atoms with Gasteiger partial charge in [0.25, 0.3) is 5.91 Å². The highest BCUT2D eigenvalue weighted by Gasteiger charge is 2.47. The third kappa shape index (κ3) is 3.16. The van der Waals surface area contributed by atoms with Crippen molar-refractivity contribution in [3.05, 3.63) is 0 Å². The predicted octanol–water partition coefficient (Wildman–Crippen LogP) is 0.638. The fourth-order valence-corrected chi connectivity index (χ4v) is 3.57. The molecule has 23 heavy (non-hydrogen) atoms. The Labute approximate surface area is 135 Å². The lowest BCUT2D eigenvalue weighted by Crippen LogP contribution is -2.50. The first-order chi connectivity index (χ1) is 11.0. The van der Waals surface area contributed by atoms with Crippen LogP contribution in [0.5, 0.6) is 0 Å². The molecule has 3 N–H and O–H groups in total. The van der Waals surface area contributed by atoms with Crippen LogP contribution in [0.25, 0.3) is 0 Å². The number of hydrogen-bond acceptors (Lipinski definition) is 6. The summed E-state index contributed by atoms with van der Waals surface area (Å²) in [4.78, 5) is 31.4. The normalized spacial score (nSPS) is 29.5. The van der Waals surface area contributed by atoms with E-state index in [4.69, 9.17) is 10.4 Å². The molecule has 0 radical (unpaired) electrons. The van der Waals surface area contributed by atoms with Crippen LogP contribution in [0, 0.1) is 10.9 Å². The highest BCUT2D eigenvalue weighted by atomic mass is 16.7. The van der Waals surface area contributed by atoms with Gasteiger partial charge in [0.15, 0.2) is 0 Å². The van der Waals surface area contributed by atoms with Gasteiger partial charge in [-0.1, -0.05) is 12.1 Å². The molecule has 3 aliphatic heterocycles. The molecule has 2 bridgehead atoms. The molecule has 3 aliphatic rings. The molecule has 9 heteroatoms. The van der Waals surface area contributed by atoms with Crippen LogP contribution in [0.3, 0.4) is 0 Å². The van der Waals surface area contributed by atoms with E-state index in [9.17, 15) is 9.59 Å². The summed E-state index contributed by atoms with van der Waals surface area (Å²) in [5.41, 5.74) is 9.66. The minimum absolute atomic E-state index is 0.0700. The standard InChI is InChI=1S/C14H24N6O3/c1-14(4-6-16-7-5-14)9-23-17-12(21)11-3-2-10-8-19(11)13(22)20(10)18-15/h10-11,15-16H,2-9H2,1H3,(H,17,21). The first-order valence-corrected chi connectivity index (χ1v) is 8.14. The molecule has 3 fully saturated rings. The molecule has 0 aromatic rings. The smallest absolute Gasteiger partial charge is 0.317 e. The van der Waals surface area contributed by atoms with Crippen molar-refractivity contribution in [2.24, 2.45) is 10.6 Å².